The molecule has 0 radical (unpaired) electrons. The summed E-state index contributed by atoms with van der Waals surface area (Å²) in [6.45, 7) is 3.51. The number of carbonyl (C=O) groups is 2. The van der Waals surface area contributed by atoms with Crippen molar-refractivity contribution in [2.75, 3.05) is 6.54 Å². The molecule has 0 saturated heterocycles. The van der Waals surface area contributed by atoms with E-state index in [1.807, 2.05) is 37.3 Å². The van der Waals surface area contributed by atoms with Crippen molar-refractivity contribution in [1.82, 2.24) is 10.6 Å². The van der Waals surface area contributed by atoms with E-state index >= 15 is 0 Å². The smallest absolute Gasteiger partial charge is 0.327 e. The zero-order chi connectivity index (χ0) is 14.3. The number of nitrogens with one attached hydrogen (secondary N) is 2. The molecule has 104 valence electrons. The van der Waals surface area contributed by atoms with Crippen LogP contribution in [0.2, 0.25) is 0 Å². The monoisotopic (exact) mass is 264 g/mol. The van der Waals surface area contributed by atoms with E-state index in [2.05, 4.69) is 10.6 Å². The molecule has 0 saturated carbocycles. The van der Waals surface area contributed by atoms with Crippen LogP contribution in [0.4, 0.5) is 0 Å². The first-order valence-corrected chi connectivity index (χ1v) is 6.26. The van der Waals surface area contributed by atoms with Gasteiger partial charge in [0.2, 0.25) is 5.91 Å². The lowest BCUT2D eigenvalue weighted by molar-refractivity contribution is -0.141. The van der Waals surface area contributed by atoms with Crippen LogP contribution < -0.4 is 10.6 Å². The molecule has 1 rings (SSSR count). The van der Waals surface area contributed by atoms with Crippen LogP contribution >= 0.6 is 0 Å². The second kappa shape index (κ2) is 7.53. The summed E-state index contributed by atoms with van der Waals surface area (Å²) in [5.41, 5.74) is 1.19. The van der Waals surface area contributed by atoms with Gasteiger partial charge in [-0.15, -0.1) is 0 Å². The molecule has 1 aromatic carbocycles. The third-order valence-corrected chi connectivity index (χ3v) is 2.73. The maximum absolute atomic E-state index is 11.0. The molecule has 0 spiro atoms. The molecule has 0 bridgehead atoms. The summed E-state index contributed by atoms with van der Waals surface area (Å²) < 4.78 is 0. The number of aliphatic carboxylic acids is 1. The molecule has 3 N–H and O–H groups in total. The second-order valence-electron chi connectivity index (χ2n) is 4.59. The number of rotatable bonds is 7. The van der Waals surface area contributed by atoms with Gasteiger partial charge in [-0.25, -0.2) is 4.79 Å². The topological polar surface area (TPSA) is 78.4 Å². The fourth-order valence-corrected chi connectivity index (χ4v) is 1.80. The van der Waals surface area contributed by atoms with Gasteiger partial charge in [-0.2, -0.15) is 0 Å². The van der Waals surface area contributed by atoms with Gasteiger partial charge in [0.05, 0.1) is 0 Å². The molecular formula is C14H20N2O3. The predicted molar refractivity (Wildman–Crippen MR) is 72.9 cm³/mol. The normalized spacial score (nSPS) is 13.6. The zero-order valence-corrected chi connectivity index (χ0v) is 11.2. The number of carboxylic acid groups (broad SMARTS) is 1. The molecule has 2 unspecified atom stereocenters. The molecule has 19 heavy (non-hydrogen) atoms. The Bertz CT molecular complexity index is 420. The Hall–Kier alpha value is -1.88. The van der Waals surface area contributed by atoms with Crippen molar-refractivity contribution < 1.29 is 14.7 Å². The van der Waals surface area contributed by atoms with Gasteiger partial charge in [0, 0.05) is 19.5 Å². The molecule has 0 aliphatic heterocycles. The first kappa shape index (κ1) is 15.2. The fraction of sp³-hybridized carbons (Fsp3) is 0.429. The van der Waals surface area contributed by atoms with Gasteiger partial charge in [0.25, 0.3) is 0 Å². The first-order valence-electron chi connectivity index (χ1n) is 6.26. The van der Waals surface area contributed by atoms with E-state index in [9.17, 15) is 9.59 Å². The van der Waals surface area contributed by atoms with Gasteiger partial charge in [0.15, 0.2) is 0 Å². The Morgan fingerprint density at radius 1 is 1.26 bits per heavy atom. The average Bonchev–Trinajstić information content (AvgIpc) is 2.35. The third-order valence-electron chi connectivity index (χ3n) is 2.73. The molecule has 0 aromatic heterocycles. The van der Waals surface area contributed by atoms with E-state index in [1.54, 1.807) is 0 Å². The predicted octanol–water partition coefficient (Wildman–Crippen LogP) is 0.796. The molecular weight excluding hydrogens is 244 g/mol. The van der Waals surface area contributed by atoms with Crippen LogP contribution in [0.5, 0.6) is 0 Å². The summed E-state index contributed by atoms with van der Waals surface area (Å²) in [6.07, 6.45) is 0.813. The van der Waals surface area contributed by atoms with Crippen molar-refractivity contribution in [3.63, 3.8) is 0 Å². The van der Waals surface area contributed by atoms with Gasteiger partial charge in [-0.05, 0) is 18.9 Å². The van der Waals surface area contributed by atoms with Crippen LogP contribution in [-0.2, 0) is 16.0 Å². The van der Waals surface area contributed by atoms with Gasteiger partial charge in [-0.3, -0.25) is 4.79 Å². The first-order chi connectivity index (χ1) is 8.99. The number of benzene rings is 1. The summed E-state index contributed by atoms with van der Waals surface area (Å²) >= 11 is 0. The molecule has 1 aromatic rings. The van der Waals surface area contributed by atoms with Crippen LogP contribution in [-0.4, -0.2) is 35.6 Å². The standard InChI is InChI=1S/C14H20N2O3/c1-10(8-12-6-4-3-5-7-12)15-9-13(14(18)19)16-11(2)17/h3-7,10,13,15H,8-9H2,1-2H3,(H,16,17)(H,18,19). The molecule has 0 fully saturated rings. The molecule has 1 amide bonds. The summed E-state index contributed by atoms with van der Waals surface area (Å²) in [5.74, 6) is -1.38. The van der Waals surface area contributed by atoms with Gasteiger partial charge < -0.3 is 15.7 Å². The van der Waals surface area contributed by atoms with Crippen molar-refractivity contribution in [3.05, 3.63) is 35.9 Å². The summed E-state index contributed by atoms with van der Waals surface area (Å²) in [6, 6.07) is 9.20. The number of carboxylic acids is 1. The minimum Gasteiger partial charge on any atom is -0.480 e. The third kappa shape index (κ3) is 6.01. The number of carbonyl (C=O) groups excluding carboxylic acids is 1. The molecule has 5 heteroatoms. The second-order valence-corrected chi connectivity index (χ2v) is 4.59. The average molecular weight is 264 g/mol. The van der Waals surface area contributed by atoms with E-state index in [0.717, 1.165) is 6.42 Å². The Labute approximate surface area is 113 Å². The van der Waals surface area contributed by atoms with Crippen molar-refractivity contribution in [2.24, 2.45) is 0 Å². The van der Waals surface area contributed by atoms with Crippen LogP contribution in [0, 0.1) is 0 Å². The summed E-state index contributed by atoms with van der Waals surface area (Å²) in [5, 5.41) is 14.5. The highest BCUT2D eigenvalue weighted by Gasteiger charge is 2.18. The van der Waals surface area contributed by atoms with Crippen molar-refractivity contribution >= 4 is 11.9 Å². The number of amides is 1. The van der Waals surface area contributed by atoms with E-state index in [-0.39, 0.29) is 18.5 Å². The summed E-state index contributed by atoms with van der Waals surface area (Å²) in [4.78, 5) is 21.8. The molecule has 0 aliphatic rings. The molecule has 5 nitrogen and oxygen atoms in total. The van der Waals surface area contributed by atoms with E-state index in [1.165, 1.54) is 12.5 Å². The highest BCUT2D eigenvalue weighted by Crippen LogP contribution is 2.02. The van der Waals surface area contributed by atoms with Gasteiger partial charge >= 0.3 is 5.97 Å². The van der Waals surface area contributed by atoms with E-state index in [0.29, 0.717) is 0 Å². The number of hydrogen-bond donors (Lipinski definition) is 3. The minimum absolute atomic E-state index is 0.137. The Morgan fingerprint density at radius 2 is 1.89 bits per heavy atom. The lowest BCUT2D eigenvalue weighted by atomic mass is 10.1. The van der Waals surface area contributed by atoms with Crippen LogP contribution in [0.1, 0.15) is 19.4 Å². The Kier molecular flexibility index (Phi) is 6.02. The zero-order valence-electron chi connectivity index (χ0n) is 11.2. The van der Waals surface area contributed by atoms with Crippen molar-refractivity contribution in [2.45, 2.75) is 32.4 Å². The van der Waals surface area contributed by atoms with Crippen LogP contribution in [0.3, 0.4) is 0 Å². The largest absolute Gasteiger partial charge is 0.480 e. The lowest BCUT2D eigenvalue weighted by Crippen LogP contribution is -2.48. The molecule has 2 atom stereocenters. The SMILES string of the molecule is CC(=O)NC(CNC(C)Cc1ccccc1)C(=O)O. The summed E-state index contributed by atoms with van der Waals surface area (Å²) in [7, 11) is 0. The highest BCUT2D eigenvalue weighted by atomic mass is 16.4. The Balaban J connectivity index is 2.41. The van der Waals surface area contributed by atoms with Gasteiger partial charge in [0.1, 0.15) is 6.04 Å². The number of hydrogen-bond acceptors (Lipinski definition) is 3. The lowest BCUT2D eigenvalue weighted by Gasteiger charge is -2.18. The van der Waals surface area contributed by atoms with Crippen molar-refractivity contribution in [1.29, 1.82) is 0 Å². The maximum atomic E-state index is 11.0. The molecule has 0 heterocycles. The van der Waals surface area contributed by atoms with Crippen LogP contribution in [0.25, 0.3) is 0 Å². The fourth-order valence-electron chi connectivity index (χ4n) is 1.80. The van der Waals surface area contributed by atoms with E-state index < -0.39 is 12.0 Å². The minimum atomic E-state index is -1.03. The van der Waals surface area contributed by atoms with Crippen LogP contribution in [0.15, 0.2) is 30.3 Å². The van der Waals surface area contributed by atoms with E-state index in [4.69, 9.17) is 5.11 Å². The maximum Gasteiger partial charge on any atom is 0.327 e. The Morgan fingerprint density at radius 3 is 2.42 bits per heavy atom. The van der Waals surface area contributed by atoms with Gasteiger partial charge in [-0.1, -0.05) is 30.3 Å². The highest BCUT2D eigenvalue weighted by molar-refractivity contribution is 5.82. The van der Waals surface area contributed by atoms with Crippen molar-refractivity contribution in [3.8, 4) is 0 Å². The quantitative estimate of drug-likeness (QED) is 0.680. The molecule has 0 aliphatic carbocycles.